The van der Waals surface area contributed by atoms with Crippen LogP contribution in [0.4, 0.5) is 11.4 Å². The molecule has 3 aromatic carbocycles. The molecule has 0 bridgehead atoms. The van der Waals surface area contributed by atoms with Crippen molar-refractivity contribution in [2.75, 3.05) is 17.3 Å². The minimum Gasteiger partial charge on any atom is -0.332 e. The third-order valence-corrected chi connectivity index (χ3v) is 4.48. The zero-order valence-corrected chi connectivity index (χ0v) is 17.2. The van der Waals surface area contributed by atoms with E-state index < -0.39 is 0 Å². The Kier molecular flexibility index (Phi) is 7.08. The minimum absolute atomic E-state index is 0.148. The van der Waals surface area contributed by atoms with Crippen LogP contribution in [0, 0.1) is 0 Å². The van der Waals surface area contributed by atoms with Crippen molar-refractivity contribution in [1.29, 1.82) is 0 Å². The van der Waals surface area contributed by atoms with E-state index >= 15 is 0 Å². The first-order valence-electron chi connectivity index (χ1n) is 9.31. The highest BCUT2D eigenvalue weighted by atomic mass is 32.1. The van der Waals surface area contributed by atoms with Crippen LogP contribution in [0.2, 0.25) is 0 Å². The number of amides is 2. The summed E-state index contributed by atoms with van der Waals surface area (Å²) in [6.45, 7) is 0. The number of anilines is 2. The highest BCUT2D eigenvalue weighted by Crippen LogP contribution is 2.17. The average Bonchev–Trinajstić information content (AvgIpc) is 2.78. The largest absolute Gasteiger partial charge is 0.332 e. The second-order valence-corrected chi connectivity index (χ2v) is 6.88. The normalized spacial score (nSPS) is 10.4. The lowest BCUT2D eigenvalue weighted by Gasteiger charge is -2.18. The molecule has 3 rings (SSSR count). The summed E-state index contributed by atoms with van der Waals surface area (Å²) < 4.78 is 0. The Labute approximate surface area is 181 Å². The second-order valence-electron chi connectivity index (χ2n) is 6.47. The standard InChI is InChI=1S/C24H21N3O2S/c1-27(21-13-6-3-7-14-21)23(29)19-11-8-12-20(17-19)25-24(30)26-22(28)16-15-18-9-4-2-5-10-18/h2-17H,1H3,(H2,25,26,28,30)/b16-15+. The monoisotopic (exact) mass is 415 g/mol. The van der Waals surface area contributed by atoms with Crippen molar-refractivity contribution in [2.45, 2.75) is 0 Å². The molecule has 0 heterocycles. The predicted octanol–water partition coefficient (Wildman–Crippen LogP) is 4.49. The van der Waals surface area contributed by atoms with Crippen LogP contribution < -0.4 is 15.5 Å². The maximum Gasteiger partial charge on any atom is 0.258 e. The van der Waals surface area contributed by atoms with Gasteiger partial charge in [0.25, 0.3) is 5.91 Å². The number of benzene rings is 3. The minimum atomic E-state index is -0.340. The average molecular weight is 416 g/mol. The van der Waals surface area contributed by atoms with E-state index in [4.69, 9.17) is 12.2 Å². The van der Waals surface area contributed by atoms with Gasteiger partial charge in [0.05, 0.1) is 0 Å². The summed E-state index contributed by atoms with van der Waals surface area (Å²) >= 11 is 5.21. The Morgan fingerprint density at radius 1 is 0.900 bits per heavy atom. The van der Waals surface area contributed by atoms with Crippen molar-refractivity contribution in [3.05, 3.63) is 102 Å². The molecule has 2 N–H and O–H groups in total. The van der Waals surface area contributed by atoms with Crippen LogP contribution in [0.1, 0.15) is 15.9 Å². The molecule has 5 nitrogen and oxygen atoms in total. The maximum absolute atomic E-state index is 12.8. The van der Waals surface area contributed by atoms with Crippen molar-refractivity contribution in [3.8, 4) is 0 Å². The molecule has 0 atom stereocenters. The molecule has 30 heavy (non-hydrogen) atoms. The summed E-state index contributed by atoms with van der Waals surface area (Å²) in [5, 5.41) is 5.69. The summed E-state index contributed by atoms with van der Waals surface area (Å²) in [7, 11) is 1.72. The van der Waals surface area contributed by atoms with Crippen molar-refractivity contribution in [1.82, 2.24) is 5.32 Å². The molecule has 3 aromatic rings. The van der Waals surface area contributed by atoms with Gasteiger partial charge in [-0.05, 0) is 54.2 Å². The summed E-state index contributed by atoms with van der Waals surface area (Å²) in [6, 6.07) is 25.9. The Bertz CT molecular complexity index is 1070. The molecule has 0 aliphatic carbocycles. The van der Waals surface area contributed by atoms with E-state index in [2.05, 4.69) is 10.6 Å². The van der Waals surface area contributed by atoms with Gasteiger partial charge in [0.1, 0.15) is 0 Å². The fraction of sp³-hybridized carbons (Fsp3) is 0.0417. The Morgan fingerprint density at radius 3 is 2.27 bits per heavy atom. The molecule has 0 fully saturated rings. The molecule has 0 saturated carbocycles. The van der Waals surface area contributed by atoms with Gasteiger partial charge in [-0.25, -0.2) is 0 Å². The number of carbonyl (C=O) groups excluding carboxylic acids is 2. The third-order valence-electron chi connectivity index (χ3n) is 4.28. The van der Waals surface area contributed by atoms with Crippen LogP contribution >= 0.6 is 12.2 Å². The van der Waals surface area contributed by atoms with E-state index in [9.17, 15) is 9.59 Å². The number of hydrogen-bond donors (Lipinski definition) is 2. The van der Waals surface area contributed by atoms with Gasteiger partial charge >= 0.3 is 0 Å². The molecule has 0 spiro atoms. The lowest BCUT2D eigenvalue weighted by atomic mass is 10.1. The first-order chi connectivity index (χ1) is 14.5. The number of nitrogens with one attached hydrogen (secondary N) is 2. The van der Waals surface area contributed by atoms with Gasteiger partial charge in [0.2, 0.25) is 5.91 Å². The van der Waals surface area contributed by atoms with Gasteiger partial charge in [-0.2, -0.15) is 0 Å². The zero-order valence-electron chi connectivity index (χ0n) is 16.4. The van der Waals surface area contributed by atoms with E-state index in [0.717, 1.165) is 11.3 Å². The maximum atomic E-state index is 12.8. The van der Waals surface area contributed by atoms with E-state index in [1.165, 1.54) is 6.08 Å². The van der Waals surface area contributed by atoms with Gasteiger partial charge in [0.15, 0.2) is 5.11 Å². The predicted molar refractivity (Wildman–Crippen MR) is 125 cm³/mol. The molecule has 2 amide bonds. The third kappa shape index (κ3) is 5.86. The van der Waals surface area contributed by atoms with Crippen molar-refractivity contribution in [2.24, 2.45) is 0 Å². The summed E-state index contributed by atoms with van der Waals surface area (Å²) in [5.74, 6) is -0.488. The van der Waals surface area contributed by atoms with Crippen LogP contribution in [0.3, 0.4) is 0 Å². The Morgan fingerprint density at radius 2 is 1.57 bits per heavy atom. The first kappa shape index (κ1) is 21.0. The first-order valence-corrected chi connectivity index (χ1v) is 9.72. The molecule has 0 aliphatic rings. The van der Waals surface area contributed by atoms with Gasteiger partial charge in [-0.3, -0.25) is 14.9 Å². The number of para-hydroxylation sites is 1. The van der Waals surface area contributed by atoms with E-state index in [1.54, 1.807) is 42.3 Å². The Hall–Kier alpha value is -3.77. The van der Waals surface area contributed by atoms with Crippen molar-refractivity contribution in [3.63, 3.8) is 0 Å². The quantitative estimate of drug-likeness (QED) is 0.476. The molecule has 0 saturated heterocycles. The van der Waals surface area contributed by atoms with Crippen LogP contribution in [0.25, 0.3) is 6.08 Å². The lowest BCUT2D eigenvalue weighted by molar-refractivity contribution is -0.115. The Balaban J connectivity index is 1.60. The van der Waals surface area contributed by atoms with Crippen LogP contribution in [0.5, 0.6) is 0 Å². The summed E-state index contributed by atoms with van der Waals surface area (Å²) in [5.41, 5.74) is 2.83. The number of rotatable bonds is 5. The van der Waals surface area contributed by atoms with Crippen LogP contribution in [-0.4, -0.2) is 24.0 Å². The molecule has 0 aliphatic heterocycles. The molecule has 0 unspecified atom stereocenters. The van der Waals surface area contributed by atoms with E-state index in [0.29, 0.717) is 11.3 Å². The molecule has 6 heteroatoms. The summed E-state index contributed by atoms with van der Waals surface area (Å²) in [6.07, 6.45) is 3.12. The molecular weight excluding hydrogens is 394 g/mol. The van der Waals surface area contributed by atoms with Gasteiger partial charge < -0.3 is 10.2 Å². The van der Waals surface area contributed by atoms with Crippen molar-refractivity contribution < 1.29 is 9.59 Å². The SMILES string of the molecule is CN(C(=O)c1cccc(NC(=S)NC(=O)/C=C/c2ccccc2)c1)c1ccccc1. The van der Waals surface area contributed by atoms with Crippen LogP contribution in [-0.2, 0) is 4.79 Å². The lowest BCUT2D eigenvalue weighted by Crippen LogP contribution is -2.33. The topological polar surface area (TPSA) is 61.4 Å². The fourth-order valence-corrected chi connectivity index (χ4v) is 2.96. The number of thiocarbonyl (C=S) groups is 1. The van der Waals surface area contributed by atoms with Gasteiger partial charge in [0, 0.05) is 30.1 Å². The second kappa shape index (κ2) is 10.1. The highest BCUT2D eigenvalue weighted by molar-refractivity contribution is 7.80. The fourth-order valence-electron chi connectivity index (χ4n) is 2.74. The number of carbonyl (C=O) groups is 2. The number of nitrogens with zero attached hydrogens (tertiary/aromatic N) is 1. The molecule has 150 valence electrons. The molecular formula is C24H21N3O2S. The summed E-state index contributed by atoms with van der Waals surface area (Å²) in [4.78, 5) is 26.4. The van der Waals surface area contributed by atoms with E-state index in [1.807, 2.05) is 60.7 Å². The highest BCUT2D eigenvalue weighted by Gasteiger charge is 2.14. The molecule has 0 radical (unpaired) electrons. The smallest absolute Gasteiger partial charge is 0.258 e. The van der Waals surface area contributed by atoms with Crippen LogP contribution in [0.15, 0.2) is 91.0 Å². The number of hydrogen-bond acceptors (Lipinski definition) is 3. The van der Waals surface area contributed by atoms with Crippen molar-refractivity contribution >= 4 is 46.6 Å². The zero-order chi connectivity index (χ0) is 21.3. The van der Waals surface area contributed by atoms with E-state index in [-0.39, 0.29) is 16.9 Å². The van der Waals surface area contributed by atoms with Gasteiger partial charge in [-0.15, -0.1) is 0 Å². The van der Waals surface area contributed by atoms with Gasteiger partial charge in [-0.1, -0.05) is 54.6 Å². The molecule has 0 aromatic heterocycles.